The van der Waals surface area contributed by atoms with Crippen molar-refractivity contribution in [1.82, 2.24) is 4.98 Å². The van der Waals surface area contributed by atoms with Gasteiger partial charge in [-0.3, -0.25) is 4.98 Å². The summed E-state index contributed by atoms with van der Waals surface area (Å²) < 4.78 is 68.1. The Kier molecular flexibility index (Phi) is 17.0. The molecule has 0 spiro atoms. The van der Waals surface area contributed by atoms with E-state index >= 15 is 0 Å². The fourth-order valence-electron chi connectivity index (χ4n) is 14.9. The standard InChI is InChI=1S/C57H81NO18/c1-31-46(60)50(68-9)47(61)52(71-31)76-49-33(3)70-45(28-40(49)67-8)75-48-32(2)69-44(27-39(48)66-7)73-38-20-21-53(5)37(26-38)19-22-56(64)41(53)29-42(74-51(62)36-16-13-25-58-30-36)54(6)55(63,23-24-57(54,56)65)34(4)72-43(59)18-17-35-14-11-10-12-15-35/h10-18,25,30-34,37-42,44-50,52,60-61,63-65H,19-24,26-29H2,1-9H3. The quantitative estimate of drug-likeness (QED) is 0.0913. The molecule has 0 amide bonds. The highest BCUT2D eigenvalue weighted by atomic mass is 16.8. The van der Waals surface area contributed by atoms with Crippen LogP contribution in [0, 0.1) is 22.7 Å². The molecule has 23 atom stereocenters. The zero-order chi connectivity index (χ0) is 54.5. The summed E-state index contributed by atoms with van der Waals surface area (Å²) in [6.07, 6.45) is -2.52. The lowest BCUT2D eigenvalue weighted by Crippen LogP contribution is -2.79. The molecule has 4 aliphatic carbocycles. The number of benzene rings is 1. The lowest BCUT2D eigenvalue weighted by molar-refractivity contribution is -0.353. The number of aliphatic hydroxyl groups excluding tert-OH is 2. The van der Waals surface area contributed by atoms with Crippen molar-refractivity contribution in [1.29, 1.82) is 0 Å². The zero-order valence-electron chi connectivity index (χ0n) is 45.3. The summed E-state index contributed by atoms with van der Waals surface area (Å²) in [7, 11) is 4.62. The smallest absolute Gasteiger partial charge is 0.339 e. The van der Waals surface area contributed by atoms with Gasteiger partial charge in [-0.05, 0) is 120 Å². The average Bonchev–Trinajstić information content (AvgIpc) is 3.30. The third kappa shape index (κ3) is 10.1. The third-order valence-corrected chi connectivity index (χ3v) is 19.3. The molecular formula is C57H81NO18. The van der Waals surface area contributed by atoms with Crippen LogP contribution in [0.1, 0.15) is 122 Å². The second kappa shape index (κ2) is 22.6. The molecule has 19 nitrogen and oxygen atoms in total. The molecular weight excluding hydrogens is 987 g/mol. The van der Waals surface area contributed by atoms with Crippen LogP contribution in [-0.2, 0) is 56.9 Å². The number of aromatic nitrogens is 1. The molecule has 19 heteroatoms. The van der Waals surface area contributed by atoms with Crippen LogP contribution in [0.15, 0.2) is 60.9 Å². The van der Waals surface area contributed by atoms with Gasteiger partial charge in [-0.2, -0.15) is 0 Å². The van der Waals surface area contributed by atoms with Crippen molar-refractivity contribution in [3.05, 3.63) is 72.1 Å². The fraction of sp³-hybridized carbons (Fsp3) is 0.737. The molecule has 4 heterocycles. The van der Waals surface area contributed by atoms with Crippen LogP contribution in [0.25, 0.3) is 6.08 Å². The van der Waals surface area contributed by atoms with Crippen LogP contribution in [0.4, 0.5) is 0 Å². The number of aliphatic hydroxyl groups is 5. The second-order valence-corrected chi connectivity index (χ2v) is 23.1. The minimum absolute atomic E-state index is 0.0269. The van der Waals surface area contributed by atoms with E-state index in [0.29, 0.717) is 38.5 Å². The molecule has 0 radical (unpaired) electrons. The largest absolute Gasteiger partial charge is 0.458 e. The lowest BCUT2D eigenvalue weighted by Gasteiger charge is -2.69. The number of rotatable bonds is 15. The number of hydrogen-bond acceptors (Lipinski definition) is 19. The number of esters is 2. The molecule has 0 bridgehead atoms. The Balaban J connectivity index is 0.863. The number of nitrogens with zero attached hydrogens (tertiary/aromatic N) is 1. The van der Waals surface area contributed by atoms with Gasteiger partial charge in [-0.15, -0.1) is 0 Å². The minimum atomic E-state index is -1.97. The molecule has 4 saturated carbocycles. The number of pyridine rings is 1. The highest BCUT2D eigenvalue weighted by Gasteiger charge is 2.82. The third-order valence-electron chi connectivity index (χ3n) is 19.3. The van der Waals surface area contributed by atoms with Crippen molar-refractivity contribution in [3.8, 4) is 0 Å². The summed E-state index contributed by atoms with van der Waals surface area (Å²) in [5.74, 6) is -1.89. The van der Waals surface area contributed by atoms with Gasteiger partial charge in [0.05, 0.1) is 53.2 Å². The molecule has 1 aromatic heterocycles. The number of hydrogen-bond donors (Lipinski definition) is 5. The first-order chi connectivity index (χ1) is 36.1. The zero-order valence-corrected chi connectivity index (χ0v) is 45.3. The van der Waals surface area contributed by atoms with E-state index in [1.54, 1.807) is 59.4 Å². The van der Waals surface area contributed by atoms with Crippen LogP contribution in [0.2, 0.25) is 0 Å². The molecule has 5 N–H and O–H groups in total. The average molecular weight is 1070 g/mol. The highest BCUT2D eigenvalue weighted by molar-refractivity contribution is 5.89. The van der Waals surface area contributed by atoms with Gasteiger partial charge in [0, 0.05) is 52.6 Å². The molecule has 3 saturated heterocycles. The summed E-state index contributed by atoms with van der Waals surface area (Å²) >= 11 is 0. The van der Waals surface area contributed by atoms with E-state index in [-0.39, 0.29) is 43.3 Å². The Labute approximate surface area is 445 Å². The van der Waals surface area contributed by atoms with E-state index in [1.807, 2.05) is 44.2 Å². The van der Waals surface area contributed by atoms with E-state index in [1.165, 1.54) is 19.4 Å². The van der Waals surface area contributed by atoms with Crippen LogP contribution < -0.4 is 0 Å². The van der Waals surface area contributed by atoms with Crippen molar-refractivity contribution in [3.63, 3.8) is 0 Å². The maximum absolute atomic E-state index is 14.0. The van der Waals surface area contributed by atoms with Gasteiger partial charge in [0.2, 0.25) is 0 Å². The number of methoxy groups -OCH3 is 3. The summed E-state index contributed by atoms with van der Waals surface area (Å²) in [6.45, 7) is 10.9. The first-order valence-corrected chi connectivity index (χ1v) is 27.2. The number of carbonyl (C=O) groups excluding carboxylic acids is 2. The normalized spacial score (nSPS) is 45.8. The number of fused-ring (bicyclic) bond motifs is 5. The topological polar surface area (TPSA) is 250 Å². The van der Waals surface area contributed by atoms with E-state index in [0.717, 1.165) is 5.56 Å². The first kappa shape index (κ1) is 57.2. The Morgan fingerprint density at radius 3 is 2.05 bits per heavy atom. The van der Waals surface area contributed by atoms with Gasteiger partial charge < -0.3 is 77.6 Å². The number of carbonyl (C=O) groups is 2. The Morgan fingerprint density at radius 1 is 0.737 bits per heavy atom. The van der Waals surface area contributed by atoms with E-state index < -0.39 is 138 Å². The first-order valence-electron chi connectivity index (χ1n) is 27.2. The summed E-state index contributed by atoms with van der Waals surface area (Å²) in [5.41, 5.74) is -6.85. The molecule has 1 aromatic carbocycles. The summed E-state index contributed by atoms with van der Waals surface area (Å²) in [6, 6.07) is 12.5. The Bertz CT molecular complexity index is 2330. The molecule has 7 fully saturated rings. The fourth-order valence-corrected chi connectivity index (χ4v) is 14.9. The predicted molar refractivity (Wildman–Crippen MR) is 271 cm³/mol. The highest BCUT2D eigenvalue weighted by Crippen LogP contribution is 2.72. The van der Waals surface area contributed by atoms with Crippen molar-refractivity contribution in [2.45, 2.75) is 221 Å². The molecule has 422 valence electrons. The Hall–Kier alpha value is -3.51. The van der Waals surface area contributed by atoms with Gasteiger partial charge in [-0.1, -0.05) is 44.2 Å². The van der Waals surface area contributed by atoms with Gasteiger partial charge in [0.1, 0.15) is 53.9 Å². The summed E-state index contributed by atoms with van der Waals surface area (Å²) in [4.78, 5) is 31.5. The lowest BCUT2D eigenvalue weighted by atomic mass is 9.40. The molecule has 3 aliphatic heterocycles. The molecule has 23 unspecified atom stereocenters. The maximum atomic E-state index is 14.0. The van der Waals surface area contributed by atoms with Gasteiger partial charge in [0.15, 0.2) is 18.9 Å². The Morgan fingerprint density at radius 2 is 1.41 bits per heavy atom. The molecule has 9 rings (SSSR count). The maximum Gasteiger partial charge on any atom is 0.339 e. The second-order valence-electron chi connectivity index (χ2n) is 23.1. The molecule has 7 aliphatic rings. The van der Waals surface area contributed by atoms with Crippen LogP contribution in [0.5, 0.6) is 0 Å². The monoisotopic (exact) mass is 1070 g/mol. The summed E-state index contributed by atoms with van der Waals surface area (Å²) in [5, 5.41) is 61.1. The van der Waals surface area contributed by atoms with Gasteiger partial charge in [-0.25, -0.2) is 9.59 Å². The van der Waals surface area contributed by atoms with Crippen LogP contribution in [0.3, 0.4) is 0 Å². The van der Waals surface area contributed by atoms with Crippen LogP contribution in [-0.4, -0.2) is 179 Å². The van der Waals surface area contributed by atoms with E-state index in [9.17, 15) is 35.1 Å². The molecule has 2 aromatic rings. The van der Waals surface area contributed by atoms with Crippen LogP contribution >= 0.6 is 0 Å². The van der Waals surface area contributed by atoms with E-state index in [2.05, 4.69) is 11.9 Å². The van der Waals surface area contributed by atoms with Crippen molar-refractivity contribution >= 4 is 18.0 Å². The van der Waals surface area contributed by atoms with Crippen molar-refractivity contribution in [2.24, 2.45) is 22.7 Å². The van der Waals surface area contributed by atoms with E-state index in [4.69, 9.17) is 52.1 Å². The predicted octanol–water partition coefficient (Wildman–Crippen LogP) is 4.80. The number of ether oxygens (including phenoxy) is 11. The SMILES string of the molecule is COC1CC(OC2CCC3(C)C(CCC4(O)C3CC(OC(=O)c3cccnc3)C3(C)C(O)(C(C)OC(=O)C=Cc5ccccc5)CCC43O)C2)OC(C)C1OC1CC(OC)C(OC2OC(C)C(O)C(OC)C2O)C(C)O1. The minimum Gasteiger partial charge on any atom is -0.458 e. The van der Waals surface area contributed by atoms with Gasteiger partial charge >= 0.3 is 11.9 Å². The van der Waals surface area contributed by atoms with Gasteiger partial charge in [0.25, 0.3) is 0 Å². The van der Waals surface area contributed by atoms with Crippen molar-refractivity contribution in [2.75, 3.05) is 21.3 Å². The van der Waals surface area contributed by atoms with Crippen molar-refractivity contribution < 1.29 is 87.2 Å². The molecule has 76 heavy (non-hydrogen) atoms.